The number of carbonyl (C=O) groups excluding carboxylic acids is 1. The normalized spacial score (nSPS) is 11.0. The molecule has 0 aliphatic rings. The molecule has 0 saturated carbocycles. The highest BCUT2D eigenvalue weighted by Gasteiger charge is 2.16. The van der Waals surface area contributed by atoms with Crippen LogP contribution in [0.2, 0.25) is 0 Å². The number of hydrogen-bond donors (Lipinski definition) is 0. The number of rotatable bonds is 5. The van der Waals surface area contributed by atoms with Gasteiger partial charge in [-0.15, -0.1) is 11.3 Å². The third kappa shape index (κ3) is 3.38. The fraction of sp³-hybridized carbons (Fsp3) is 0.0870. The predicted molar refractivity (Wildman–Crippen MR) is 116 cm³/mol. The molecule has 2 nitrogen and oxygen atoms in total. The third-order valence-corrected chi connectivity index (χ3v) is 6.65. The van der Waals surface area contributed by atoms with Gasteiger partial charge in [0, 0.05) is 15.5 Å². The van der Waals surface area contributed by atoms with Crippen LogP contribution in [-0.4, -0.2) is 5.97 Å². The summed E-state index contributed by atoms with van der Waals surface area (Å²) in [5.74, 6) is -0.404. The molecule has 1 aromatic heterocycles. The lowest BCUT2D eigenvalue weighted by Gasteiger charge is -2.10. The molecule has 0 spiro atoms. The van der Waals surface area contributed by atoms with Crippen LogP contribution in [0.3, 0.4) is 0 Å². The monoisotopic (exact) mass is 390 g/mol. The van der Waals surface area contributed by atoms with Crippen LogP contribution in [0.25, 0.3) is 25.7 Å². The first kappa shape index (κ1) is 17.8. The Morgan fingerprint density at radius 1 is 1.00 bits per heavy atom. The van der Waals surface area contributed by atoms with Crippen LogP contribution in [-0.2, 0) is 15.4 Å². The van der Waals surface area contributed by atoms with Crippen LogP contribution in [0.4, 0.5) is 0 Å². The van der Waals surface area contributed by atoms with Gasteiger partial charge in [-0.2, -0.15) is 0 Å². The second kappa shape index (κ2) is 7.59. The topological polar surface area (TPSA) is 26.3 Å². The van der Waals surface area contributed by atoms with E-state index in [1.54, 1.807) is 11.3 Å². The molecule has 4 heteroatoms. The minimum Gasteiger partial charge on any atom is -0.382 e. The van der Waals surface area contributed by atoms with Crippen LogP contribution in [0.1, 0.15) is 18.1 Å². The molecule has 0 radical (unpaired) electrons. The average molecular weight is 391 g/mol. The molecule has 4 rings (SSSR count). The number of hydrogen-bond acceptors (Lipinski definition) is 4. The second-order valence-corrected chi connectivity index (χ2v) is 8.00. The summed E-state index contributed by atoms with van der Waals surface area (Å²) in [6.45, 7) is 6.02. The number of aryl methyl sites for hydroxylation is 1. The van der Waals surface area contributed by atoms with Crippen molar-refractivity contribution in [1.82, 2.24) is 0 Å². The Kier molecular flexibility index (Phi) is 5.01. The summed E-state index contributed by atoms with van der Waals surface area (Å²) >= 11 is 2.83. The van der Waals surface area contributed by atoms with Gasteiger partial charge in [0.15, 0.2) is 0 Å². The molecule has 3 aromatic carbocycles. The fourth-order valence-corrected chi connectivity index (χ4v) is 5.08. The molecular formula is C23H18O2S2. The first-order valence-electron chi connectivity index (χ1n) is 8.75. The van der Waals surface area contributed by atoms with Crippen LogP contribution in [0.5, 0.6) is 0 Å². The minimum absolute atomic E-state index is 0.392. The van der Waals surface area contributed by atoms with E-state index in [-0.39, 0.29) is 0 Å². The van der Waals surface area contributed by atoms with Gasteiger partial charge in [-0.1, -0.05) is 68.1 Å². The van der Waals surface area contributed by atoms with Gasteiger partial charge in [-0.25, -0.2) is 4.79 Å². The summed E-state index contributed by atoms with van der Waals surface area (Å²) in [6.07, 6.45) is 0.844. The highest BCUT2D eigenvalue weighted by molar-refractivity contribution is 7.95. The molecule has 0 N–H and O–H groups in total. The van der Waals surface area contributed by atoms with E-state index in [0.29, 0.717) is 5.57 Å². The summed E-state index contributed by atoms with van der Waals surface area (Å²) in [7, 11) is 0. The highest BCUT2D eigenvalue weighted by atomic mass is 32.2. The van der Waals surface area contributed by atoms with Crippen molar-refractivity contribution < 1.29 is 8.98 Å². The molecule has 0 saturated heterocycles. The highest BCUT2D eigenvalue weighted by Crippen LogP contribution is 2.39. The van der Waals surface area contributed by atoms with Gasteiger partial charge in [0.2, 0.25) is 0 Å². The van der Waals surface area contributed by atoms with E-state index in [4.69, 9.17) is 4.18 Å². The van der Waals surface area contributed by atoms with Gasteiger partial charge >= 0.3 is 5.97 Å². The van der Waals surface area contributed by atoms with Gasteiger partial charge in [0.05, 0.1) is 27.2 Å². The molecule has 0 bridgehead atoms. The van der Waals surface area contributed by atoms with Crippen molar-refractivity contribution in [1.29, 1.82) is 0 Å². The van der Waals surface area contributed by atoms with E-state index in [2.05, 4.69) is 31.7 Å². The van der Waals surface area contributed by atoms with Crippen molar-refractivity contribution in [3.8, 4) is 0 Å². The molecule has 1 heterocycles. The Morgan fingerprint density at radius 2 is 1.74 bits per heavy atom. The van der Waals surface area contributed by atoms with E-state index in [1.165, 1.54) is 15.5 Å². The molecule has 134 valence electrons. The van der Waals surface area contributed by atoms with Crippen molar-refractivity contribution in [2.45, 2.75) is 18.2 Å². The maximum atomic E-state index is 12.6. The molecule has 0 amide bonds. The lowest BCUT2D eigenvalue weighted by molar-refractivity contribution is -0.126. The molecule has 27 heavy (non-hydrogen) atoms. The summed E-state index contributed by atoms with van der Waals surface area (Å²) < 4.78 is 7.90. The van der Waals surface area contributed by atoms with E-state index in [0.717, 1.165) is 39.2 Å². The van der Waals surface area contributed by atoms with Gasteiger partial charge in [-0.05, 0) is 29.7 Å². The number of fused-ring (bicyclic) bond motifs is 3. The zero-order chi connectivity index (χ0) is 18.8. The number of benzene rings is 3. The first-order chi connectivity index (χ1) is 13.2. The Hall–Kier alpha value is -2.56. The van der Waals surface area contributed by atoms with Crippen molar-refractivity contribution in [2.75, 3.05) is 0 Å². The minimum atomic E-state index is -0.404. The average Bonchev–Trinajstić information content (AvgIpc) is 3.10. The van der Waals surface area contributed by atoms with Crippen LogP contribution in [0.15, 0.2) is 78.2 Å². The van der Waals surface area contributed by atoms with Crippen molar-refractivity contribution in [3.63, 3.8) is 0 Å². The second-order valence-electron chi connectivity index (χ2n) is 6.17. The van der Waals surface area contributed by atoms with E-state index in [9.17, 15) is 4.79 Å². The van der Waals surface area contributed by atoms with Crippen molar-refractivity contribution >= 4 is 55.1 Å². The Bertz CT molecular complexity index is 1160. The zero-order valence-electron chi connectivity index (χ0n) is 14.9. The standard InChI is InChI=1S/C23H18O2S2/c1-3-16-9-4-5-10-17(16)15(2)23(24)25-27-21-14-8-12-19-18-11-6-7-13-20(18)26-22(19)21/h4-14H,2-3H2,1H3. The zero-order valence-corrected chi connectivity index (χ0v) is 16.5. The number of thiophene rings is 1. The van der Waals surface area contributed by atoms with Crippen LogP contribution >= 0.6 is 23.4 Å². The molecule has 0 aliphatic heterocycles. The third-order valence-electron chi connectivity index (χ3n) is 4.55. The molecule has 0 unspecified atom stereocenters. The molecule has 4 aromatic rings. The summed E-state index contributed by atoms with van der Waals surface area (Å²) in [6, 6.07) is 22.2. The van der Waals surface area contributed by atoms with E-state index in [1.807, 2.05) is 48.5 Å². The van der Waals surface area contributed by atoms with Crippen molar-refractivity contribution in [3.05, 3.63) is 84.4 Å². The maximum Gasteiger partial charge on any atom is 0.350 e. The molecule has 0 fully saturated rings. The predicted octanol–water partition coefficient (Wildman–Crippen LogP) is 6.88. The fourth-order valence-electron chi connectivity index (χ4n) is 3.15. The molecule has 0 aliphatic carbocycles. The Morgan fingerprint density at radius 3 is 2.59 bits per heavy atom. The van der Waals surface area contributed by atoms with Crippen molar-refractivity contribution in [2.24, 2.45) is 0 Å². The largest absolute Gasteiger partial charge is 0.382 e. The SMILES string of the molecule is C=C(C(=O)OSc1cccc2c1sc1ccccc12)c1ccccc1CC. The molecular weight excluding hydrogens is 372 g/mol. The first-order valence-corrected chi connectivity index (χ1v) is 10.3. The van der Waals surface area contributed by atoms with Crippen LogP contribution in [0, 0.1) is 0 Å². The summed E-state index contributed by atoms with van der Waals surface area (Å²) in [5, 5.41) is 2.42. The van der Waals surface area contributed by atoms with Crippen LogP contribution < -0.4 is 0 Å². The van der Waals surface area contributed by atoms with E-state index < -0.39 is 5.97 Å². The smallest absolute Gasteiger partial charge is 0.350 e. The lowest BCUT2D eigenvalue weighted by Crippen LogP contribution is -2.04. The molecule has 0 atom stereocenters. The van der Waals surface area contributed by atoms with Gasteiger partial charge < -0.3 is 4.18 Å². The van der Waals surface area contributed by atoms with Gasteiger partial charge in [0.1, 0.15) is 0 Å². The van der Waals surface area contributed by atoms with Gasteiger partial charge in [-0.3, -0.25) is 0 Å². The maximum absolute atomic E-state index is 12.6. The lowest BCUT2D eigenvalue weighted by atomic mass is 9.99. The summed E-state index contributed by atoms with van der Waals surface area (Å²) in [5.41, 5.74) is 2.34. The summed E-state index contributed by atoms with van der Waals surface area (Å²) in [4.78, 5) is 13.5. The van der Waals surface area contributed by atoms with E-state index >= 15 is 0 Å². The quantitative estimate of drug-likeness (QED) is 0.274. The Balaban J connectivity index is 1.58. The number of carbonyl (C=O) groups is 1. The Labute approximate surface area is 166 Å². The van der Waals surface area contributed by atoms with Gasteiger partial charge in [0.25, 0.3) is 0 Å².